The Hall–Kier alpha value is -1.48. The van der Waals surface area contributed by atoms with Crippen LogP contribution in [0.1, 0.15) is 22.9 Å². The van der Waals surface area contributed by atoms with Gasteiger partial charge in [-0.25, -0.2) is 0 Å². The average molecular weight is 320 g/mol. The zero-order valence-electron chi connectivity index (χ0n) is 11.8. The van der Waals surface area contributed by atoms with Crippen molar-refractivity contribution in [3.05, 3.63) is 69.4 Å². The summed E-state index contributed by atoms with van der Waals surface area (Å²) in [6.45, 7) is 2.05. The maximum absolute atomic E-state index is 6.03. The van der Waals surface area contributed by atoms with E-state index in [0.29, 0.717) is 5.02 Å². The van der Waals surface area contributed by atoms with Crippen LogP contribution in [0.2, 0.25) is 10.0 Å². The largest absolute Gasteiger partial charge is 0.459 e. The molecule has 0 saturated carbocycles. The molecular weight excluding hydrogens is 305 g/mol. The van der Waals surface area contributed by atoms with Gasteiger partial charge in [0.25, 0.3) is 0 Å². The Balaban J connectivity index is 2.09. The first-order valence-corrected chi connectivity index (χ1v) is 7.46. The van der Waals surface area contributed by atoms with Crippen molar-refractivity contribution in [2.24, 2.45) is 0 Å². The summed E-state index contributed by atoms with van der Waals surface area (Å²) in [5.41, 5.74) is 3.11. The molecule has 2 aromatic carbocycles. The lowest BCUT2D eigenvalue weighted by molar-refractivity contribution is 0.490. The molecule has 1 atom stereocenters. The molecule has 0 spiro atoms. The SMILES string of the molecule is CNC(c1cc2cc(Cl)ccc2o1)c1ccc(Cl)cc1C. The van der Waals surface area contributed by atoms with Crippen LogP contribution in [0.4, 0.5) is 0 Å². The fourth-order valence-electron chi connectivity index (χ4n) is 2.59. The van der Waals surface area contributed by atoms with Gasteiger partial charge in [-0.15, -0.1) is 0 Å². The summed E-state index contributed by atoms with van der Waals surface area (Å²) in [7, 11) is 1.92. The van der Waals surface area contributed by atoms with Crippen molar-refractivity contribution in [2.45, 2.75) is 13.0 Å². The van der Waals surface area contributed by atoms with E-state index in [0.717, 1.165) is 32.9 Å². The minimum Gasteiger partial charge on any atom is -0.459 e. The zero-order valence-corrected chi connectivity index (χ0v) is 13.3. The van der Waals surface area contributed by atoms with Gasteiger partial charge in [0.05, 0.1) is 6.04 Å². The molecule has 2 nitrogen and oxygen atoms in total. The van der Waals surface area contributed by atoms with E-state index < -0.39 is 0 Å². The van der Waals surface area contributed by atoms with Crippen molar-refractivity contribution in [1.82, 2.24) is 5.32 Å². The number of aryl methyl sites for hydroxylation is 1. The number of nitrogens with one attached hydrogen (secondary N) is 1. The molecular formula is C17H15Cl2NO. The number of furan rings is 1. The van der Waals surface area contributed by atoms with Crippen molar-refractivity contribution >= 4 is 34.2 Å². The molecule has 1 N–H and O–H groups in total. The lowest BCUT2D eigenvalue weighted by Gasteiger charge is -2.16. The van der Waals surface area contributed by atoms with Gasteiger partial charge in [-0.2, -0.15) is 0 Å². The highest BCUT2D eigenvalue weighted by atomic mass is 35.5. The molecule has 0 radical (unpaired) electrons. The summed E-state index contributed by atoms with van der Waals surface area (Å²) in [6.07, 6.45) is 0. The smallest absolute Gasteiger partial charge is 0.134 e. The van der Waals surface area contributed by atoms with Crippen molar-refractivity contribution in [2.75, 3.05) is 7.05 Å². The number of benzene rings is 2. The van der Waals surface area contributed by atoms with Gasteiger partial charge in [0, 0.05) is 15.4 Å². The Kier molecular flexibility index (Phi) is 3.94. The number of fused-ring (bicyclic) bond motifs is 1. The third-order valence-electron chi connectivity index (χ3n) is 3.61. The maximum Gasteiger partial charge on any atom is 0.134 e. The molecule has 0 aliphatic rings. The molecule has 0 saturated heterocycles. The van der Waals surface area contributed by atoms with E-state index in [4.69, 9.17) is 27.6 Å². The maximum atomic E-state index is 6.03. The number of rotatable bonds is 3. The first kappa shape index (κ1) is 14.5. The van der Waals surface area contributed by atoms with Gasteiger partial charge in [0.2, 0.25) is 0 Å². The second-order valence-corrected chi connectivity index (χ2v) is 5.93. The van der Waals surface area contributed by atoms with Crippen LogP contribution in [-0.2, 0) is 0 Å². The molecule has 1 heterocycles. The van der Waals surface area contributed by atoms with Crippen molar-refractivity contribution < 1.29 is 4.42 Å². The summed E-state index contributed by atoms with van der Waals surface area (Å²) in [5.74, 6) is 0.861. The third-order valence-corrected chi connectivity index (χ3v) is 4.08. The van der Waals surface area contributed by atoms with E-state index in [9.17, 15) is 0 Å². The zero-order chi connectivity index (χ0) is 15.0. The molecule has 4 heteroatoms. The first-order chi connectivity index (χ1) is 10.1. The number of halogens is 2. The van der Waals surface area contributed by atoms with Crippen molar-refractivity contribution in [1.29, 1.82) is 0 Å². The molecule has 108 valence electrons. The van der Waals surface area contributed by atoms with E-state index in [1.165, 1.54) is 0 Å². The minimum absolute atomic E-state index is 0.0200. The molecule has 3 aromatic rings. The summed E-state index contributed by atoms with van der Waals surface area (Å²) in [6, 6.07) is 13.5. The second kappa shape index (κ2) is 5.72. The second-order valence-electron chi connectivity index (χ2n) is 5.05. The third kappa shape index (κ3) is 2.80. The Bertz CT molecular complexity index is 795. The molecule has 1 unspecified atom stereocenters. The first-order valence-electron chi connectivity index (χ1n) is 6.71. The van der Waals surface area contributed by atoms with Crippen LogP contribution in [0.15, 0.2) is 46.9 Å². The summed E-state index contributed by atoms with van der Waals surface area (Å²) >= 11 is 12.1. The lowest BCUT2D eigenvalue weighted by Crippen LogP contribution is -2.18. The fraction of sp³-hybridized carbons (Fsp3) is 0.176. The quantitative estimate of drug-likeness (QED) is 0.703. The van der Waals surface area contributed by atoms with E-state index in [2.05, 4.69) is 5.32 Å². The highest BCUT2D eigenvalue weighted by Gasteiger charge is 2.18. The van der Waals surface area contributed by atoms with Crippen LogP contribution in [-0.4, -0.2) is 7.05 Å². The van der Waals surface area contributed by atoms with Gasteiger partial charge in [-0.3, -0.25) is 0 Å². The molecule has 3 rings (SSSR count). The summed E-state index contributed by atoms with van der Waals surface area (Å²) in [5, 5.41) is 5.75. The van der Waals surface area contributed by atoms with E-state index in [1.54, 1.807) is 0 Å². The predicted molar refractivity (Wildman–Crippen MR) is 88.3 cm³/mol. The fourth-order valence-corrected chi connectivity index (χ4v) is 3.00. The Labute approximate surface area is 133 Å². The van der Waals surface area contributed by atoms with Gasteiger partial charge in [0.15, 0.2) is 0 Å². The van der Waals surface area contributed by atoms with Crippen molar-refractivity contribution in [3.63, 3.8) is 0 Å². The Morgan fingerprint density at radius 3 is 2.43 bits per heavy atom. The van der Waals surface area contributed by atoms with Crippen LogP contribution < -0.4 is 5.32 Å². The van der Waals surface area contributed by atoms with Gasteiger partial charge in [0.1, 0.15) is 11.3 Å². The minimum atomic E-state index is -0.0200. The molecule has 1 aromatic heterocycles. The van der Waals surface area contributed by atoms with Gasteiger partial charge in [-0.1, -0.05) is 29.3 Å². The van der Waals surface area contributed by atoms with Crippen molar-refractivity contribution in [3.8, 4) is 0 Å². The van der Waals surface area contributed by atoms with Gasteiger partial charge >= 0.3 is 0 Å². The molecule has 21 heavy (non-hydrogen) atoms. The summed E-state index contributed by atoms with van der Waals surface area (Å²) < 4.78 is 5.96. The molecule has 0 aliphatic carbocycles. The standard InChI is InChI=1S/C17H15Cl2NO/c1-10-7-12(18)3-5-14(10)17(20-2)16-9-11-8-13(19)4-6-15(11)21-16/h3-9,17,20H,1-2H3. The number of hydrogen-bond donors (Lipinski definition) is 1. The number of hydrogen-bond acceptors (Lipinski definition) is 2. The van der Waals surface area contributed by atoms with Crippen LogP contribution in [0.25, 0.3) is 11.0 Å². The normalized spacial score (nSPS) is 12.8. The predicted octanol–water partition coefficient (Wildman–Crippen LogP) is 5.36. The van der Waals surface area contributed by atoms with Crippen LogP contribution in [0.5, 0.6) is 0 Å². The van der Waals surface area contributed by atoms with Gasteiger partial charge in [-0.05, 0) is 61.5 Å². The molecule has 0 aliphatic heterocycles. The molecule has 0 fully saturated rings. The summed E-state index contributed by atoms with van der Waals surface area (Å²) in [4.78, 5) is 0. The highest BCUT2D eigenvalue weighted by molar-refractivity contribution is 6.31. The van der Waals surface area contributed by atoms with Gasteiger partial charge < -0.3 is 9.73 Å². The topological polar surface area (TPSA) is 25.2 Å². The Morgan fingerprint density at radius 1 is 1.00 bits per heavy atom. The van der Waals surface area contributed by atoms with Crippen LogP contribution in [0, 0.1) is 6.92 Å². The lowest BCUT2D eigenvalue weighted by atomic mass is 9.99. The Morgan fingerprint density at radius 2 is 1.71 bits per heavy atom. The molecule has 0 amide bonds. The molecule has 0 bridgehead atoms. The van der Waals surface area contributed by atoms with E-state index in [1.807, 2.05) is 56.4 Å². The van der Waals surface area contributed by atoms with Crippen LogP contribution in [0.3, 0.4) is 0 Å². The van der Waals surface area contributed by atoms with Crippen LogP contribution >= 0.6 is 23.2 Å². The highest BCUT2D eigenvalue weighted by Crippen LogP contribution is 2.31. The monoisotopic (exact) mass is 319 g/mol. The van der Waals surface area contributed by atoms with E-state index in [-0.39, 0.29) is 6.04 Å². The average Bonchev–Trinajstić information content (AvgIpc) is 2.84. The van der Waals surface area contributed by atoms with E-state index >= 15 is 0 Å².